The van der Waals surface area contributed by atoms with Gasteiger partial charge in [-0.15, -0.1) is 0 Å². The van der Waals surface area contributed by atoms with Crippen LogP contribution in [0.5, 0.6) is 0 Å². The van der Waals surface area contributed by atoms with Gasteiger partial charge in [-0.3, -0.25) is 9.59 Å². The van der Waals surface area contributed by atoms with Crippen molar-refractivity contribution in [3.8, 4) is 6.07 Å². The van der Waals surface area contributed by atoms with Gasteiger partial charge in [0.05, 0.1) is 19.2 Å². The minimum absolute atomic E-state index is 0.105. The van der Waals surface area contributed by atoms with Crippen LogP contribution in [0.15, 0.2) is 91.0 Å². The van der Waals surface area contributed by atoms with Gasteiger partial charge < -0.3 is 20.4 Å². The van der Waals surface area contributed by atoms with Crippen LogP contribution in [-0.2, 0) is 29.1 Å². The van der Waals surface area contributed by atoms with Gasteiger partial charge >= 0.3 is 6.03 Å². The predicted octanol–water partition coefficient (Wildman–Crippen LogP) is 4.09. The number of hydrogen-bond acceptors (Lipinski definition) is 6. The van der Waals surface area contributed by atoms with Crippen LogP contribution in [-0.4, -0.2) is 76.6 Å². The van der Waals surface area contributed by atoms with E-state index in [1.165, 1.54) is 17.1 Å². The number of fused-ring (bicyclic) bond motifs is 2. The average molecular weight is 620 g/mol. The molecule has 0 radical (unpaired) electrons. The van der Waals surface area contributed by atoms with E-state index >= 15 is 0 Å². The zero-order chi connectivity index (χ0) is 32.2. The molecule has 4 aromatic rings. The number of urea groups is 1. The third-order valence-electron chi connectivity index (χ3n) is 8.60. The quantitative estimate of drug-likeness (QED) is 0.273. The first kappa shape index (κ1) is 30.6. The number of nitrogens with zero attached hydrogens (tertiary/aromatic N) is 5. The van der Waals surface area contributed by atoms with Crippen LogP contribution in [0.4, 0.5) is 14.9 Å². The standard InChI is InChI=1S/C35H34FN7O3/c1-38-29-15-11-24(12-16-29)19-31-34(45)40(21-27-7-4-6-26-5-2-3-8-30(26)27)22-32-42(23-33(44)43(31)32)41(18-17-37)35(46)39-20-25-9-13-28(36)14-10-25/h2-16,31-32,38H,18-23H2,1H3,(H,39,46)/t31-,32+/m0/s1. The lowest BCUT2D eigenvalue weighted by molar-refractivity contribution is -0.157. The van der Waals surface area contributed by atoms with Gasteiger partial charge in [-0.1, -0.05) is 66.7 Å². The largest absolute Gasteiger partial charge is 0.388 e. The number of nitriles is 1. The molecule has 0 bridgehead atoms. The van der Waals surface area contributed by atoms with Crippen molar-refractivity contribution in [1.82, 2.24) is 25.1 Å². The monoisotopic (exact) mass is 619 g/mol. The number of anilines is 1. The number of nitrogens with one attached hydrogen (secondary N) is 2. The Kier molecular flexibility index (Phi) is 8.81. The first-order chi connectivity index (χ1) is 22.4. The molecule has 4 amide bonds. The van der Waals surface area contributed by atoms with E-state index in [1.807, 2.05) is 79.8 Å². The van der Waals surface area contributed by atoms with E-state index < -0.39 is 18.2 Å². The third-order valence-corrected chi connectivity index (χ3v) is 8.60. The number of benzene rings is 4. The van der Waals surface area contributed by atoms with Crippen LogP contribution in [0.25, 0.3) is 10.8 Å². The van der Waals surface area contributed by atoms with Gasteiger partial charge in [0.15, 0.2) is 0 Å². The molecule has 46 heavy (non-hydrogen) atoms. The zero-order valence-electron chi connectivity index (χ0n) is 25.4. The molecule has 0 aliphatic carbocycles. The van der Waals surface area contributed by atoms with Crippen LogP contribution in [0.2, 0.25) is 0 Å². The number of carbonyl (C=O) groups is 3. The molecule has 4 aromatic carbocycles. The first-order valence-corrected chi connectivity index (χ1v) is 15.1. The lowest BCUT2D eigenvalue weighted by Gasteiger charge is -2.46. The van der Waals surface area contributed by atoms with Crippen molar-refractivity contribution in [2.45, 2.75) is 31.7 Å². The highest BCUT2D eigenvalue weighted by Gasteiger charge is 2.52. The molecule has 10 nitrogen and oxygen atoms in total. The van der Waals surface area contributed by atoms with Crippen LogP contribution in [0.3, 0.4) is 0 Å². The van der Waals surface area contributed by atoms with Crippen LogP contribution >= 0.6 is 0 Å². The van der Waals surface area contributed by atoms with Crippen LogP contribution in [0.1, 0.15) is 16.7 Å². The average Bonchev–Trinajstić information content (AvgIpc) is 3.40. The van der Waals surface area contributed by atoms with Crippen molar-refractivity contribution in [3.63, 3.8) is 0 Å². The van der Waals surface area contributed by atoms with Gasteiger partial charge in [-0.05, 0) is 51.7 Å². The Bertz CT molecular complexity index is 1790. The molecule has 2 aliphatic heterocycles. The van der Waals surface area contributed by atoms with Crippen molar-refractivity contribution in [3.05, 3.63) is 114 Å². The molecule has 2 heterocycles. The van der Waals surface area contributed by atoms with Crippen molar-refractivity contribution < 1.29 is 18.8 Å². The molecule has 11 heteroatoms. The molecule has 0 aromatic heterocycles. The molecule has 0 spiro atoms. The van der Waals surface area contributed by atoms with Gasteiger partial charge in [0.2, 0.25) is 11.8 Å². The summed E-state index contributed by atoms with van der Waals surface area (Å²) in [6.07, 6.45) is -0.383. The summed E-state index contributed by atoms with van der Waals surface area (Å²) < 4.78 is 13.4. The molecule has 0 unspecified atom stereocenters. The first-order valence-electron chi connectivity index (χ1n) is 15.1. The van der Waals surface area contributed by atoms with E-state index in [-0.39, 0.29) is 43.8 Å². The van der Waals surface area contributed by atoms with Crippen molar-refractivity contribution in [2.24, 2.45) is 0 Å². The predicted molar refractivity (Wildman–Crippen MR) is 171 cm³/mol. The second-order valence-electron chi connectivity index (χ2n) is 11.4. The van der Waals surface area contributed by atoms with Gasteiger partial charge in [0, 0.05) is 32.2 Å². The lowest BCUT2D eigenvalue weighted by atomic mass is 9.98. The maximum Gasteiger partial charge on any atom is 0.333 e. The van der Waals surface area contributed by atoms with Crippen molar-refractivity contribution in [1.29, 1.82) is 5.26 Å². The smallest absolute Gasteiger partial charge is 0.333 e. The van der Waals surface area contributed by atoms with E-state index in [0.717, 1.165) is 27.6 Å². The summed E-state index contributed by atoms with van der Waals surface area (Å²) >= 11 is 0. The molecular formula is C35H34FN7O3. The molecule has 2 saturated heterocycles. The summed E-state index contributed by atoms with van der Waals surface area (Å²) in [7, 11) is 1.83. The molecule has 6 rings (SSSR count). The number of amides is 4. The Morgan fingerprint density at radius 2 is 1.70 bits per heavy atom. The fraction of sp³-hybridized carbons (Fsp3) is 0.257. The number of halogens is 1. The summed E-state index contributed by atoms with van der Waals surface area (Å²) in [6.45, 7) is 0.0994. The fourth-order valence-corrected chi connectivity index (χ4v) is 6.27. The summed E-state index contributed by atoms with van der Waals surface area (Å²) in [5.41, 5.74) is 3.47. The molecule has 2 N–H and O–H groups in total. The fourth-order valence-electron chi connectivity index (χ4n) is 6.27. The highest BCUT2D eigenvalue weighted by molar-refractivity contribution is 5.92. The molecular weight excluding hydrogens is 585 g/mol. The third kappa shape index (κ3) is 6.20. The second-order valence-corrected chi connectivity index (χ2v) is 11.4. The van der Waals surface area contributed by atoms with Gasteiger partial charge in [-0.2, -0.15) is 10.3 Å². The minimum atomic E-state index is -0.808. The summed E-state index contributed by atoms with van der Waals surface area (Å²) in [4.78, 5) is 44.7. The Labute approximate surface area is 266 Å². The van der Waals surface area contributed by atoms with E-state index in [2.05, 4.69) is 10.6 Å². The maximum absolute atomic E-state index is 14.2. The highest BCUT2D eigenvalue weighted by atomic mass is 19.1. The molecule has 0 saturated carbocycles. The Morgan fingerprint density at radius 1 is 0.978 bits per heavy atom. The SMILES string of the molecule is CNc1ccc(C[C@H]2C(=O)N(Cc3cccc4ccccc34)C[C@H]3N2C(=O)CN3N(CC#N)C(=O)NCc2ccc(F)cc2)cc1. The van der Waals surface area contributed by atoms with E-state index in [9.17, 15) is 24.0 Å². The molecule has 234 valence electrons. The maximum atomic E-state index is 14.2. The Hall–Kier alpha value is -5.47. The Balaban J connectivity index is 1.31. The lowest BCUT2D eigenvalue weighted by Crippen LogP contribution is -2.66. The number of rotatable bonds is 9. The number of hydrogen-bond donors (Lipinski definition) is 2. The van der Waals surface area contributed by atoms with E-state index in [4.69, 9.17) is 0 Å². The van der Waals surface area contributed by atoms with E-state index in [0.29, 0.717) is 18.5 Å². The second kappa shape index (κ2) is 13.3. The van der Waals surface area contributed by atoms with Gasteiger partial charge in [0.1, 0.15) is 24.6 Å². The number of carbonyl (C=O) groups excluding carboxylic acids is 3. The van der Waals surface area contributed by atoms with E-state index in [1.54, 1.807) is 26.9 Å². The minimum Gasteiger partial charge on any atom is -0.388 e. The highest BCUT2D eigenvalue weighted by Crippen LogP contribution is 2.31. The molecule has 2 aliphatic rings. The van der Waals surface area contributed by atoms with Gasteiger partial charge in [-0.25, -0.2) is 14.2 Å². The summed E-state index contributed by atoms with van der Waals surface area (Å²) in [5, 5.41) is 20.5. The normalized spacial score (nSPS) is 17.9. The zero-order valence-corrected chi connectivity index (χ0v) is 25.4. The van der Waals surface area contributed by atoms with Gasteiger partial charge in [0.25, 0.3) is 0 Å². The summed E-state index contributed by atoms with van der Waals surface area (Å²) in [5.74, 6) is -0.858. The van der Waals surface area contributed by atoms with Crippen LogP contribution in [0, 0.1) is 17.1 Å². The molecule has 2 atom stereocenters. The van der Waals surface area contributed by atoms with Crippen LogP contribution < -0.4 is 10.6 Å². The van der Waals surface area contributed by atoms with Crippen molar-refractivity contribution in [2.75, 3.05) is 32.0 Å². The summed E-state index contributed by atoms with van der Waals surface area (Å²) in [6, 6.07) is 28.1. The number of hydrazine groups is 1. The number of piperazine rings is 1. The topological polar surface area (TPSA) is 112 Å². The van der Waals surface area contributed by atoms with Crippen molar-refractivity contribution >= 4 is 34.3 Å². The Morgan fingerprint density at radius 3 is 2.43 bits per heavy atom. The molecule has 2 fully saturated rings.